The number of halogens is 1. The fraction of sp³-hybridized carbons (Fsp3) is 0.0909. The van der Waals surface area contributed by atoms with Crippen molar-refractivity contribution < 1.29 is 4.79 Å². The summed E-state index contributed by atoms with van der Waals surface area (Å²) in [6.45, 7) is 1.88. The van der Waals surface area contributed by atoms with Crippen LogP contribution in [0, 0.1) is 0 Å². The van der Waals surface area contributed by atoms with Crippen molar-refractivity contribution >= 4 is 27.7 Å². The minimum absolute atomic E-state index is 0.201. The monoisotopic (exact) mass is 266 g/mol. The number of hydrogen-bond acceptors (Lipinski definition) is 2. The Morgan fingerprint density at radius 2 is 2.27 bits per heavy atom. The summed E-state index contributed by atoms with van der Waals surface area (Å²) in [5.41, 5.74) is 0. The van der Waals surface area contributed by atoms with Gasteiger partial charge in [0.2, 0.25) is 5.91 Å². The molecule has 1 amide bonds. The van der Waals surface area contributed by atoms with Crippen molar-refractivity contribution in [2.45, 2.75) is 6.92 Å². The second-order valence-electron chi connectivity index (χ2n) is 2.71. The number of amides is 1. The van der Waals surface area contributed by atoms with Gasteiger partial charge >= 0.3 is 0 Å². The molecule has 0 aliphatic heterocycles. The van der Waals surface area contributed by atoms with Gasteiger partial charge in [0, 0.05) is 16.8 Å². The van der Waals surface area contributed by atoms with Gasteiger partial charge in [0.25, 0.3) is 0 Å². The highest BCUT2D eigenvalue weighted by atomic mass is 79.9. The maximum atomic E-state index is 11.3. The Balaban J connectivity index is 2.54. The van der Waals surface area contributed by atoms with Gasteiger partial charge in [-0.15, -0.1) is 0 Å². The molecule has 0 saturated heterocycles. The number of pyridine rings is 1. The Hall–Kier alpha value is -1.42. The molecule has 1 rings (SSSR count). The summed E-state index contributed by atoms with van der Waals surface area (Å²) >= 11 is 3.27. The summed E-state index contributed by atoms with van der Waals surface area (Å²) in [6, 6.07) is 5.34. The van der Waals surface area contributed by atoms with Crippen LogP contribution in [0.15, 0.2) is 47.1 Å². The number of hydrogen-bond donors (Lipinski definition) is 1. The van der Waals surface area contributed by atoms with E-state index in [-0.39, 0.29) is 5.91 Å². The zero-order valence-corrected chi connectivity index (χ0v) is 9.86. The van der Waals surface area contributed by atoms with E-state index in [4.69, 9.17) is 0 Å². The first-order chi connectivity index (χ1) is 7.22. The van der Waals surface area contributed by atoms with Gasteiger partial charge < -0.3 is 5.32 Å². The minimum Gasteiger partial charge on any atom is -0.307 e. The molecule has 15 heavy (non-hydrogen) atoms. The van der Waals surface area contributed by atoms with Crippen LogP contribution in [0.2, 0.25) is 0 Å². The standard InChI is InChI=1S/C11H11BrN2O/c1-2-9(12)6-7-11(15)14-10-5-3-4-8-13-10/h2-8H,1H3,(H,13,14,15). The molecule has 1 N–H and O–H groups in total. The van der Waals surface area contributed by atoms with E-state index >= 15 is 0 Å². The van der Waals surface area contributed by atoms with Crippen molar-refractivity contribution in [3.63, 3.8) is 0 Å². The lowest BCUT2D eigenvalue weighted by Crippen LogP contribution is -2.08. The van der Waals surface area contributed by atoms with Gasteiger partial charge in [-0.1, -0.05) is 28.1 Å². The summed E-state index contributed by atoms with van der Waals surface area (Å²) in [7, 11) is 0. The van der Waals surface area contributed by atoms with Gasteiger partial charge in [-0.05, 0) is 25.1 Å². The molecule has 1 heterocycles. The highest BCUT2D eigenvalue weighted by Crippen LogP contribution is 2.06. The molecule has 0 spiro atoms. The van der Waals surface area contributed by atoms with Crippen LogP contribution in [-0.2, 0) is 4.79 Å². The maximum Gasteiger partial charge on any atom is 0.249 e. The number of carbonyl (C=O) groups excluding carboxylic acids is 1. The van der Waals surface area contributed by atoms with Gasteiger partial charge in [-0.25, -0.2) is 4.98 Å². The van der Waals surface area contributed by atoms with Crippen LogP contribution in [0.4, 0.5) is 5.82 Å². The second-order valence-corrected chi connectivity index (χ2v) is 3.63. The number of anilines is 1. The van der Waals surface area contributed by atoms with Crippen LogP contribution >= 0.6 is 15.9 Å². The third-order valence-electron chi connectivity index (χ3n) is 1.59. The molecular weight excluding hydrogens is 256 g/mol. The Bertz CT molecular complexity index is 385. The van der Waals surface area contributed by atoms with E-state index in [1.165, 1.54) is 6.08 Å². The van der Waals surface area contributed by atoms with Crippen LogP contribution in [-0.4, -0.2) is 10.9 Å². The Morgan fingerprint density at radius 1 is 1.47 bits per heavy atom. The molecule has 0 aromatic carbocycles. The molecule has 0 fully saturated rings. The van der Waals surface area contributed by atoms with Gasteiger partial charge in [-0.2, -0.15) is 0 Å². The van der Waals surface area contributed by atoms with Crippen LogP contribution in [0.5, 0.6) is 0 Å². The smallest absolute Gasteiger partial charge is 0.249 e. The molecule has 0 aliphatic rings. The van der Waals surface area contributed by atoms with Crippen LogP contribution in [0.25, 0.3) is 0 Å². The van der Waals surface area contributed by atoms with Crippen LogP contribution < -0.4 is 5.32 Å². The first-order valence-corrected chi connectivity index (χ1v) is 5.23. The van der Waals surface area contributed by atoms with E-state index in [1.54, 1.807) is 24.4 Å². The zero-order valence-electron chi connectivity index (χ0n) is 8.27. The minimum atomic E-state index is -0.201. The SMILES string of the molecule is CC=C(Br)C=CC(=O)Nc1ccccn1. The lowest BCUT2D eigenvalue weighted by atomic mass is 10.4. The van der Waals surface area contributed by atoms with E-state index in [9.17, 15) is 4.79 Å². The lowest BCUT2D eigenvalue weighted by Gasteiger charge is -1.98. The summed E-state index contributed by atoms with van der Waals surface area (Å²) in [5, 5.41) is 2.64. The van der Waals surface area contributed by atoms with Crippen molar-refractivity contribution in [3.8, 4) is 0 Å². The summed E-state index contributed by atoms with van der Waals surface area (Å²) in [4.78, 5) is 15.3. The summed E-state index contributed by atoms with van der Waals surface area (Å²) < 4.78 is 0.860. The van der Waals surface area contributed by atoms with Crippen molar-refractivity contribution in [1.82, 2.24) is 4.98 Å². The molecule has 4 heteroatoms. The quantitative estimate of drug-likeness (QED) is 0.675. The van der Waals surface area contributed by atoms with Crippen molar-refractivity contribution in [2.24, 2.45) is 0 Å². The highest BCUT2D eigenvalue weighted by Gasteiger charge is 1.96. The van der Waals surface area contributed by atoms with E-state index in [1.807, 2.05) is 19.1 Å². The van der Waals surface area contributed by atoms with Gasteiger partial charge in [0.15, 0.2) is 0 Å². The predicted octanol–water partition coefficient (Wildman–Crippen LogP) is 2.88. The van der Waals surface area contributed by atoms with E-state index in [0.29, 0.717) is 5.82 Å². The summed E-state index contributed by atoms with van der Waals surface area (Å²) in [5.74, 6) is 0.344. The van der Waals surface area contributed by atoms with Crippen molar-refractivity contribution in [3.05, 3.63) is 47.1 Å². The fourth-order valence-electron chi connectivity index (χ4n) is 0.856. The van der Waals surface area contributed by atoms with E-state index < -0.39 is 0 Å². The largest absolute Gasteiger partial charge is 0.307 e. The number of nitrogens with zero attached hydrogens (tertiary/aromatic N) is 1. The van der Waals surface area contributed by atoms with Crippen molar-refractivity contribution in [1.29, 1.82) is 0 Å². The van der Waals surface area contributed by atoms with E-state index in [0.717, 1.165) is 4.48 Å². The van der Waals surface area contributed by atoms with Crippen LogP contribution in [0.1, 0.15) is 6.92 Å². The number of rotatable bonds is 3. The Kier molecular flexibility index (Phi) is 4.77. The molecule has 0 saturated carbocycles. The molecule has 78 valence electrons. The highest BCUT2D eigenvalue weighted by molar-refractivity contribution is 9.11. The molecule has 1 aromatic rings. The van der Waals surface area contributed by atoms with Gasteiger partial charge in [0.05, 0.1) is 0 Å². The third kappa shape index (κ3) is 4.56. The molecule has 1 aromatic heterocycles. The zero-order chi connectivity index (χ0) is 11.1. The van der Waals surface area contributed by atoms with Crippen molar-refractivity contribution in [2.75, 3.05) is 5.32 Å². The summed E-state index contributed by atoms with van der Waals surface area (Å²) in [6.07, 6.45) is 6.60. The molecule has 0 bridgehead atoms. The number of nitrogens with one attached hydrogen (secondary N) is 1. The first-order valence-electron chi connectivity index (χ1n) is 4.44. The lowest BCUT2D eigenvalue weighted by molar-refractivity contribution is -0.111. The molecule has 3 nitrogen and oxygen atoms in total. The number of carbonyl (C=O) groups is 1. The first kappa shape index (κ1) is 11.7. The topological polar surface area (TPSA) is 42.0 Å². The van der Waals surface area contributed by atoms with E-state index in [2.05, 4.69) is 26.2 Å². The second kappa shape index (κ2) is 6.14. The Morgan fingerprint density at radius 3 is 2.87 bits per heavy atom. The average molecular weight is 267 g/mol. The fourth-order valence-corrected chi connectivity index (χ4v) is 0.988. The number of allylic oxidation sites excluding steroid dienone is 3. The third-order valence-corrected chi connectivity index (χ3v) is 2.31. The van der Waals surface area contributed by atoms with Gasteiger partial charge in [-0.3, -0.25) is 4.79 Å². The normalized spacial score (nSPS) is 11.7. The predicted molar refractivity (Wildman–Crippen MR) is 64.7 cm³/mol. The molecule has 0 aliphatic carbocycles. The molecule has 0 atom stereocenters. The average Bonchev–Trinajstić information content (AvgIpc) is 2.27. The van der Waals surface area contributed by atoms with Crippen LogP contribution in [0.3, 0.4) is 0 Å². The van der Waals surface area contributed by atoms with Gasteiger partial charge in [0.1, 0.15) is 5.82 Å². The number of aromatic nitrogens is 1. The molecule has 0 unspecified atom stereocenters. The molecule has 0 radical (unpaired) electrons. The Labute approximate surface area is 97.0 Å². The molecular formula is C11H11BrN2O. The maximum absolute atomic E-state index is 11.3.